The average Bonchev–Trinajstić information content (AvgIpc) is 2.49. The molecule has 1 fully saturated rings. The smallest absolute Gasteiger partial charge is 0.320 e. The average molecular weight is 277 g/mol. The van der Waals surface area contributed by atoms with Gasteiger partial charge in [0.1, 0.15) is 0 Å². The molecule has 110 valence electrons. The molecule has 2 heterocycles. The van der Waals surface area contributed by atoms with Crippen LogP contribution < -0.4 is 10.6 Å². The summed E-state index contributed by atoms with van der Waals surface area (Å²) in [6.45, 7) is 8.61. The van der Waals surface area contributed by atoms with Gasteiger partial charge in [0, 0.05) is 45.5 Å². The second kappa shape index (κ2) is 6.45. The van der Waals surface area contributed by atoms with E-state index in [9.17, 15) is 4.79 Å². The number of rotatable bonds is 3. The number of nitrogens with two attached hydrogens (primary N) is 1. The van der Waals surface area contributed by atoms with Crippen molar-refractivity contribution in [1.29, 1.82) is 0 Å². The number of amides is 2. The number of carbonyl (C=O) groups is 1. The molecule has 1 saturated heterocycles. The highest BCUT2D eigenvalue weighted by atomic mass is 16.2. The molecule has 1 aliphatic heterocycles. The molecule has 2 amide bonds. The number of urea groups is 1. The van der Waals surface area contributed by atoms with Gasteiger partial charge < -0.3 is 20.4 Å². The molecular weight excluding hydrogens is 254 g/mol. The summed E-state index contributed by atoms with van der Waals surface area (Å²) in [5, 5.41) is 0. The molecule has 0 bridgehead atoms. The van der Waals surface area contributed by atoms with E-state index in [0.29, 0.717) is 5.69 Å². The first kappa shape index (κ1) is 14.4. The Morgan fingerprint density at radius 1 is 1.30 bits per heavy atom. The Morgan fingerprint density at radius 2 is 1.95 bits per heavy atom. The summed E-state index contributed by atoms with van der Waals surface area (Å²) in [4.78, 5) is 22.3. The summed E-state index contributed by atoms with van der Waals surface area (Å²) >= 11 is 0. The number of pyridine rings is 1. The fourth-order valence-electron chi connectivity index (χ4n) is 2.52. The summed E-state index contributed by atoms with van der Waals surface area (Å²) in [6, 6.07) is 2.06. The highest BCUT2D eigenvalue weighted by Gasteiger charge is 2.24. The van der Waals surface area contributed by atoms with Crippen LogP contribution in [0.1, 0.15) is 13.8 Å². The second-order valence-corrected chi connectivity index (χ2v) is 4.86. The third-order valence-corrected chi connectivity index (χ3v) is 3.75. The van der Waals surface area contributed by atoms with Crippen LogP contribution in [0.15, 0.2) is 18.5 Å². The lowest BCUT2D eigenvalue weighted by atomic mass is 10.2. The van der Waals surface area contributed by atoms with Crippen molar-refractivity contribution in [3.05, 3.63) is 18.5 Å². The standard InChI is InChI=1S/C14H23N5O/c1-3-17(4-2)14(20)19-9-7-18(8-10-19)13-5-6-16-11-12(13)15/h5-6,11H,3-4,7-10,15H2,1-2H3. The normalized spacial score (nSPS) is 15.3. The van der Waals surface area contributed by atoms with Crippen molar-refractivity contribution in [2.24, 2.45) is 0 Å². The van der Waals surface area contributed by atoms with Crippen LogP contribution in [0, 0.1) is 0 Å². The van der Waals surface area contributed by atoms with Gasteiger partial charge in [0.05, 0.1) is 17.6 Å². The molecule has 0 aliphatic carbocycles. The lowest BCUT2D eigenvalue weighted by Gasteiger charge is -2.38. The van der Waals surface area contributed by atoms with Crippen LogP contribution in [0.4, 0.5) is 16.2 Å². The Kier molecular flexibility index (Phi) is 4.65. The van der Waals surface area contributed by atoms with Crippen molar-refractivity contribution in [2.75, 3.05) is 49.9 Å². The Balaban J connectivity index is 1.96. The summed E-state index contributed by atoms with van der Waals surface area (Å²) in [7, 11) is 0. The zero-order valence-corrected chi connectivity index (χ0v) is 12.2. The van der Waals surface area contributed by atoms with E-state index < -0.39 is 0 Å². The quantitative estimate of drug-likeness (QED) is 0.903. The van der Waals surface area contributed by atoms with Crippen molar-refractivity contribution < 1.29 is 4.79 Å². The molecule has 1 aromatic heterocycles. The maximum absolute atomic E-state index is 12.3. The molecule has 0 unspecified atom stereocenters. The van der Waals surface area contributed by atoms with E-state index in [2.05, 4.69) is 9.88 Å². The molecular formula is C14H23N5O. The molecule has 6 heteroatoms. The van der Waals surface area contributed by atoms with Crippen LogP contribution in [0.2, 0.25) is 0 Å². The van der Waals surface area contributed by atoms with E-state index in [1.165, 1.54) is 0 Å². The van der Waals surface area contributed by atoms with Gasteiger partial charge in [-0.05, 0) is 19.9 Å². The third-order valence-electron chi connectivity index (χ3n) is 3.75. The van der Waals surface area contributed by atoms with Gasteiger partial charge in [-0.25, -0.2) is 4.79 Å². The predicted molar refractivity (Wildman–Crippen MR) is 80.8 cm³/mol. The van der Waals surface area contributed by atoms with E-state index in [1.807, 2.05) is 29.7 Å². The molecule has 0 atom stereocenters. The fourth-order valence-corrected chi connectivity index (χ4v) is 2.52. The number of hydrogen-bond acceptors (Lipinski definition) is 4. The van der Waals surface area contributed by atoms with E-state index in [-0.39, 0.29) is 6.03 Å². The van der Waals surface area contributed by atoms with Crippen molar-refractivity contribution in [2.45, 2.75) is 13.8 Å². The topological polar surface area (TPSA) is 65.7 Å². The van der Waals surface area contributed by atoms with Crippen molar-refractivity contribution in [3.8, 4) is 0 Å². The number of piperazine rings is 1. The van der Waals surface area contributed by atoms with Crippen molar-refractivity contribution in [1.82, 2.24) is 14.8 Å². The first-order chi connectivity index (χ1) is 9.67. The van der Waals surface area contributed by atoms with Crippen molar-refractivity contribution in [3.63, 3.8) is 0 Å². The fraction of sp³-hybridized carbons (Fsp3) is 0.571. The molecule has 2 N–H and O–H groups in total. The molecule has 2 rings (SSSR count). The minimum absolute atomic E-state index is 0.136. The zero-order chi connectivity index (χ0) is 14.5. The number of carbonyl (C=O) groups excluding carboxylic acids is 1. The molecule has 1 aromatic rings. The Labute approximate surface area is 120 Å². The Bertz CT molecular complexity index is 453. The van der Waals surface area contributed by atoms with Crippen LogP contribution >= 0.6 is 0 Å². The zero-order valence-electron chi connectivity index (χ0n) is 12.2. The van der Waals surface area contributed by atoms with Crippen LogP contribution in [0.3, 0.4) is 0 Å². The van der Waals surface area contributed by atoms with E-state index in [4.69, 9.17) is 5.73 Å². The highest BCUT2D eigenvalue weighted by Crippen LogP contribution is 2.22. The number of aromatic nitrogens is 1. The maximum Gasteiger partial charge on any atom is 0.320 e. The number of nitrogen functional groups attached to an aromatic ring is 1. The molecule has 0 radical (unpaired) electrons. The monoisotopic (exact) mass is 277 g/mol. The summed E-state index contributed by atoms with van der Waals surface area (Å²) in [5.74, 6) is 0. The summed E-state index contributed by atoms with van der Waals surface area (Å²) in [5.41, 5.74) is 7.64. The molecule has 0 saturated carbocycles. The minimum atomic E-state index is 0.136. The molecule has 1 aliphatic rings. The van der Waals surface area contributed by atoms with E-state index in [0.717, 1.165) is 45.0 Å². The highest BCUT2D eigenvalue weighted by molar-refractivity contribution is 5.75. The molecule has 0 aromatic carbocycles. The SMILES string of the molecule is CCN(CC)C(=O)N1CCN(c2ccncc2N)CC1. The maximum atomic E-state index is 12.3. The number of anilines is 2. The van der Waals surface area contributed by atoms with E-state index >= 15 is 0 Å². The summed E-state index contributed by atoms with van der Waals surface area (Å²) in [6.07, 6.45) is 3.42. The first-order valence-corrected chi connectivity index (χ1v) is 7.15. The minimum Gasteiger partial charge on any atom is -0.396 e. The third kappa shape index (κ3) is 2.95. The van der Waals surface area contributed by atoms with Crippen LogP contribution in [0.25, 0.3) is 0 Å². The van der Waals surface area contributed by atoms with Gasteiger partial charge in [-0.15, -0.1) is 0 Å². The van der Waals surface area contributed by atoms with E-state index in [1.54, 1.807) is 12.4 Å². The van der Waals surface area contributed by atoms with Gasteiger partial charge in [-0.2, -0.15) is 0 Å². The van der Waals surface area contributed by atoms with Crippen LogP contribution in [0.5, 0.6) is 0 Å². The van der Waals surface area contributed by atoms with Crippen LogP contribution in [-0.2, 0) is 0 Å². The molecule has 6 nitrogen and oxygen atoms in total. The van der Waals surface area contributed by atoms with Gasteiger partial charge in [-0.1, -0.05) is 0 Å². The Morgan fingerprint density at radius 3 is 2.50 bits per heavy atom. The lowest BCUT2D eigenvalue weighted by Crippen LogP contribution is -2.53. The predicted octanol–water partition coefficient (Wildman–Crippen LogP) is 1.25. The largest absolute Gasteiger partial charge is 0.396 e. The first-order valence-electron chi connectivity index (χ1n) is 7.15. The van der Waals surface area contributed by atoms with Gasteiger partial charge in [0.15, 0.2) is 0 Å². The second-order valence-electron chi connectivity index (χ2n) is 4.86. The van der Waals surface area contributed by atoms with Gasteiger partial charge in [0.25, 0.3) is 0 Å². The van der Waals surface area contributed by atoms with Gasteiger partial charge in [-0.3, -0.25) is 4.98 Å². The van der Waals surface area contributed by atoms with Crippen LogP contribution in [-0.4, -0.2) is 60.1 Å². The lowest BCUT2D eigenvalue weighted by molar-refractivity contribution is 0.154. The van der Waals surface area contributed by atoms with Gasteiger partial charge >= 0.3 is 6.03 Å². The number of nitrogens with zero attached hydrogens (tertiary/aromatic N) is 4. The van der Waals surface area contributed by atoms with Crippen molar-refractivity contribution >= 4 is 17.4 Å². The van der Waals surface area contributed by atoms with Gasteiger partial charge in [0.2, 0.25) is 0 Å². The Hall–Kier alpha value is -1.98. The number of hydrogen-bond donors (Lipinski definition) is 1. The molecule has 20 heavy (non-hydrogen) atoms. The molecule has 0 spiro atoms. The summed E-state index contributed by atoms with van der Waals surface area (Å²) < 4.78 is 0.